The number of amides is 1. The number of rotatable bonds is 2. The molecule has 0 bridgehead atoms. The minimum atomic E-state index is -0.973. The van der Waals surface area contributed by atoms with Crippen LogP contribution in [0, 0.1) is 11.7 Å². The van der Waals surface area contributed by atoms with Crippen LogP contribution in [0.15, 0.2) is 24.3 Å². The Morgan fingerprint density at radius 3 is 2.88 bits per heavy atom. The lowest BCUT2D eigenvalue weighted by atomic mass is 9.86. The molecule has 17 heavy (non-hydrogen) atoms. The van der Waals surface area contributed by atoms with Gasteiger partial charge in [0.2, 0.25) is 5.91 Å². The van der Waals surface area contributed by atoms with E-state index < -0.39 is 23.7 Å². The Labute approximate surface area is 97.4 Å². The summed E-state index contributed by atoms with van der Waals surface area (Å²) in [7, 11) is 0. The molecule has 0 aliphatic carbocycles. The maximum Gasteiger partial charge on any atom is 0.308 e. The zero-order chi connectivity index (χ0) is 12.4. The van der Waals surface area contributed by atoms with Gasteiger partial charge in [-0.1, -0.05) is 12.1 Å². The molecule has 1 aromatic carbocycles. The van der Waals surface area contributed by atoms with Gasteiger partial charge in [0.15, 0.2) is 0 Å². The van der Waals surface area contributed by atoms with Crippen molar-refractivity contribution in [1.29, 1.82) is 0 Å². The van der Waals surface area contributed by atoms with Crippen LogP contribution in [0.1, 0.15) is 24.4 Å². The van der Waals surface area contributed by atoms with Crippen LogP contribution in [-0.4, -0.2) is 17.0 Å². The van der Waals surface area contributed by atoms with Crippen molar-refractivity contribution >= 4 is 11.9 Å². The first kappa shape index (κ1) is 11.6. The summed E-state index contributed by atoms with van der Waals surface area (Å²) in [6.45, 7) is 0. The molecular formula is C12H12FNO3. The Kier molecular flexibility index (Phi) is 3.08. The second-order valence-corrected chi connectivity index (χ2v) is 4.08. The summed E-state index contributed by atoms with van der Waals surface area (Å²) in [5, 5.41) is 11.7. The quantitative estimate of drug-likeness (QED) is 0.818. The second kappa shape index (κ2) is 4.53. The van der Waals surface area contributed by atoms with Crippen LogP contribution in [0.2, 0.25) is 0 Å². The van der Waals surface area contributed by atoms with Gasteiger partial charge in [0, 0.05) is 6.42 Å². The molecule has 1 saturated heterocycles. The van der Waals surface area contributed by atoms with Crippen LogP contribution in [0.5, 0.6) is 0 Å². The Morgan fingerprint density at radius 1 is 1.47 bits per heavy atom. The molecule has 0 aromatic heterocycles. The molecule has 1 heterocycles. The first-order valence-corrected chi connectivity index (χ1v) is 5.35. The molecule has 0 saturated carbocycles. The van der Waals surface area contributed by atoms with E-state index >= 15 is 0 Å². The number of piperidine rings is 1. The van der Waals surface area contributed by atoms with Crippen LogP contribution < -0.4 is 5.32 Å². The van der Waals surface area contributed by atoms with E-state index in [4.69, 9.17) is 5.11 Å². The summed E-state index contributed by atoms with van der Waals surface area (Å²) >= 11 is 0. The molecule has 0 unspecified atom stereocenters. The molecule has 2 rings (SSSR count). The third-order valence-corrected chi connectivity index (χ3v) is 2.93. The number of aliphatic carboxylic acids is 1. The fraction of sp³-hybridized carbons (Fsp3) is 0.333. The zero-order valence-corrected chi connectivity index (χ0v) is 9.02. The van der Waals surface area contributed by atoms with Crippen LogP contribution in [0.3, 0.4) is 0 Å². The Hall–Kier alpha value is -1.91. The van der Waals surface area contributed by atoms with Crippen molar-refractivity contribution in [2.24, 2.45) is 5.92 Å². The van der Waals surface area contributed by atoms with Gasteiger partial charge in [-0.25, -0.2) is 4.39 Å². The zero-order valence-electron chi connectivity index (χ0n) is 9.02. The van der Waals surface area contributed by atoms with E-state index in [1.165, 1.54) is 18.2 Å². The molecule has 1 fully saturated rings. The summed E-state index contributed by atoms with van der Waals surface area (Å²) < 4.78 is 13.1. The highest BCUT2D eigenvalue weighted by Crippen LogP contribution is 2.30. The average molecular weight is 237 g/mol. The van der Waals surface area contributed by atoms with Crippen molar-refractivity contribution in [3.63, 3.8) is 0 Å². The van der Waals surface area contributed by atoms with Crippen LogP contribution in [0.25, 0.3) is 0 Å². The lowest BCUT2D eigenvalue weighted by molar-refractivity contribution is -0.145. The number of nitrogens with one attached hydrogen (secondary N) is 1. The minimum Gasteiger partial charge on any atom is -0.481 e. The molecule has 1 aromatic rings. The summed E-state index contributed by atoms with van der Waals surface area (Å²) in [5.74, 6) is -2.31. The predicted molar refractivity (Wildman–Crippen MR) is 57.6 cm³/mol. The molecule has 2 N–H and O–H groups in total. The molecule has 2 atom stereocenters. The molecule has 1 amide bonds. The van der Waals surface area contributed by atoms with Crippen molar-refractivity contribution in [2.45, 2.75) is 18.9 Å². The first-order valence-electron chi connectivity index (χ1n) is 5.35. The lowest BCUT2D eigenvalue weighted by Gasteiger charge is -2.29. The number of carboxylic acid groups (broad SMARTS) is 1. The highest BCUT2D eigenvalue weighted by Gasteiger charge is 2.34. The normalized spacial score (nSPS) is 24.2. The topological polar surface area (TPSA) is 66.4 Å². The summed E-state index contributed by atoms with van der Waals surface area (Å²) in [4.78, 5) is 22.4. The van der Waals surface area contributed by atoms with Crippen molar-refractivity contribution in [1.82, 2.24) is 5.32 Å². The second-order valence-electron chi connectivity index (χ2n) is 4.08. The van der Waals surface area contributed by atoms with Gasteiger partial charge < -0.3 is 10.4 Å². The largest absolute Gasteiger partial charge is 0.481 e. The van der Waals surface area contributed by atoms with Gasteiger partial charge >= 0.3 is 5.97 Å². The van der Waals surface area contributed by atoms with Crippen molar-refractivity contribution in [2.75, 3.05) is 0 Å². The van der Waals surface area contributed by atoms with Gasteiger partial charge in [0.1, 0.15) is 5.82 Å². The molecular weight excluding hydrogens is 225 g/mol. The Morgan fingerprint density at radius 2 is 2.24 bits per heavy atom. The van der Waals surface area contributed by atoms with Gasteiger partial charge in [-0.05, 0) is 24.1 Å². The number of carbonyl (C=O) groups is 2. The van der Waals surface area contributed by atoms with E-state index in [0.717, 1.165) is 0 Å². The lowest BCUT2D eigenvalue weighted by Crippen LogP contribution is -2.41. The minimum absolute atomic E-state index is 0.197. The van der Waals surface area contributed by atoms with E-state index in [0.29, 0.717) is 5.56 Å². The molecule has 1 aliphatic rings. The predicted octanol–water partition coefficient (Wildman–Crippen LogP) is 1.48. The SMILES string of the molecule is O=C1CC[C@H](C(=O)O)[C@@H](c2cccc(F)c2)N1. The number of halogens is 1. The standard InChI is InChI=1S/C12H12FNO3/c13-8-3-1-2-7(6-8)11-9(12(16)17)4-5-10(15)14-11/h1-3,6,9,11H,4-5H2,(H,14,15)(H,16,17)/t9-,11+/m0/s1. The highest BCUT2D eigenvalue weighted by atomic mass is 19.1. The fourth-order valence-corrected chi connectivity index (χ4v) is 2.08. The van der Waals surface area contributed by atoms with Crippen molar-refractivity contribution in [3.8, 4) is 0 Å². The van der Waals surface area contributed by atoms with E-state index in [2.05, 4.69) is 5.32 Å². The summed E-state index contributed by atoms with van der Waals surface area (Å²) in [6.07, 6.45) is 0.477. The molecule has 0 radical (unpaired) electrons. The number of carbonyl (C=O) groups excluding carboxylic acids is 1. The fourth-order valence-electron chi connectivity index (χ4n) is 2.08. The molecule has 90 valence electrons. The van der Waals surface area contributed by atoms with Gasteiger partial charge in [-0.3, -0.25) is 9.59 Å². The maximum atomic E-state index is 13.1. The van der Waals surface area contributed by atoms with Crippen LogP contribution in [-0.2, 0) is 9.59 Å². The number of hydrogen-bond donors (Lipinski definition) is 2. The number of hydrogen-bond acceptors (Lipinski definition) is 2. The van der Waals surface area contributed by atoms with Crippen LogP contribution in [0.4, 0.5) is 4.39 Å². The molecule has 4 nitrogen and oxygen atoms in total. The Balaban J connectivity index is 2.32. The smallest absolute Gasteiger partial charge is 0.308 e. The molecule has 0 spiro atoms. The van der Waals surface area contributed by atoms with Crippen LogP contribution >= 0.6 is 0 Å². The third-order valence-electron chi connectivity index (χ3n) is 2.93. The molecule has 5 heteroatoms. The summed E-state index contributed by atoms with van der Waals surface area (Å²) in [5.41, 5.74) is 0.491. The van der Waals surface area contributed by atoms with Gasteiger partial charge in [0.05, 0.1) is 12.0 Å². The van der Waals surface area contributed by atoms with Crippen molar-refractivity contribution < 1.29 is 19.1 Å². The van der Waals surface area contributed by atoms with Crippen molar-refractivity contribution in [3.05, 3.63) is 35.6 Å². The third kappa shape index (κ3) is 2.43. The highest BCUT2D eigenvalue weighted by molar-refractivity contribution is 5.81. The van der Waals surface area contributed by atoms with Gasteiger partial charge in [0.25, 0.3) is 0 Å². The number of carboxylic acids is 1. The average Bonchev–Trinajstić information content (AvgIpc) is 2.28. The van der Waals surface area contributed by atoms with E-state index in [9.17, 15) is 14.0 Å². The van der Waals surface area contributed by atoms with E-state index in [1.54, 1.807) is 6.07 Å². The summed E-state index contributed by atoms with van der Waals surface area (Å²) in [6, 6.07) is 5.01. The van der Waals surface area contributed by atoms with Gasteiger partial charge in [-0.2, -0.15) is 0 Å². The maximum absolute atomic E-state index is 13.1. The van der Waals surface area contributed by atoms with E-state index in [-0.39, 0.29) is 18.7 Å². The first-order chi connectivity index (χ1) is 8.08. The monoisotopic (exact) mass is 237 g/mol. The Bertz CT molecular complexity index is 461. The molecule has 1 aliphatic heterocycles. The number of benzene rings is 1. The van der Waals surface area contributed by atoms with Gasteiger partial charge in [-0.15, -0.1) is 0 Å². The van der Waals surface area contributed by atoms with E-state index in [1.807, 2.05) is 0 Å².